The minimum Gasteiger partial charge on any atom is -0.324 e. The van der Waals surface area contributed by atoms with E-state index in [9.17, 15) is 22.8 Å². The van der Waals surface area contributed by atoms with Crippen LogP contribution in [-0.2, 0) is 15.8 Å². The van der Waals surface area contributed by atoms with E-state index < -0.39 is 30.1 Å². The molecule has 0 aliphatic rings. The highest BCUT2D eigenvalue weighted by atomic mass is 19.4. The van der Waals surface area contributed by atoms with Gasteiger partial charge in [0.15, 0.2) is 0 Å². The molecule has 25 heavy (non-hydrogen) atoms. The predicted molar refractivity (Wildman–Crippen MR) is 89.3 cm³/mol. The Labute approximate surface area is 143 Å². The number of para-hydroxylation sites is 2. The maximum Gasteiger partial charge on any atom is 0.418 e. The molecule has 2 amide bonds. The molecule has 0 aliphatic heterocycles. The zero-order valence-electron chi connectivity index (χ0n) is 13.7. The highest BCUT2D eigenvalue weighted by molar-refractivity contribution is 6.02. The Morgan fingerprint density at radius 2 is 1.64 bits per heavy atom. The summed E-state index contributed by atoms with van der Waals surface area (Å²) in [6.07, 6.45) is -4.63. The van der Waals surface area contributed by atoms with Crippen LogP contribution in [0.3, 0.4) is 0 Å². The lowest BCUT2D eigenvalue weighted by Crippen LogP contribution is -2.38. The average molecular weight is 350 g/mol. The third-order valence-corrected chi connectivity index (χ3v) is 3.60. The first-order valence-corrected chi connectivity index (χ1v) is 7.50. The van der Waals surface area contributed by atoms with Gasteiger partial charge in [-0.2, -0.15) is 13.2 Å². The fourth-order valence-corrected chi connectivity index (χ4v) is 2.36. The molecule has 0 aliphatic carbocycles. The highest BCUT2D eigenvalue weighted by Gasteiger charge is 2.35. The van der Waals surface area contributed by atoms with Gasteiger partial charge in [-0.25, -0.2) is 0 Å². The standard InChI is InChI=1S/C18H17F3N2O2/c1-12-7-3-5-9-15(12)22-17(25)11-23(13(2)24)16-10-6-4-8-14(16)18(19,20)21/h3-10H,11H2,1-2H3,(H,22,25). The number of aryl methyl sites for hydroxylation is 1. The van der Waals surface area contributed by atoms with Gasteiger partial charge in [0.05, 0.1) is 11.3 Å². The van der Waals surface area contributed by atoms with Crippen LogP contribution in [0.25, 0.3) is 0 Å². The van der Waals surface area contributed by atoms with Crippen molar-refractivity contribution in [3.63, 3.8) is 0 Å². The summed E-state index contributed by atoms with van der Waals surface area (Å²) >= 11 is 0. The molecule has 1 N–H and O–H groups in total. The van der Waals surface area contributed by atoms with Gasteiger partial charge in [-0.15, -0.1) is 0 Å². The monoisotopic (exact) mass is 350 g/mol. The molecule has 0 saturated heterocycles. The van der Waals surface area contributed by atoms with Crippen LogP contribution in [0, 0.1) is 6.92 Å². The van der Waals surface area contributed by atoms with Crippen LogP contribution in [0.2, 0.25) is 0 Å². The third kappa shape index (κ3) is 4.59. The molecule has 0 atom stereocenters. The van der Waals surface area contributed by atoms with Crippen molar-refractivity contribution in [2.75, 3.05) is 16.8 Å². The van der Waals surface area contributed by atoms with E-state index in [0.29, 0.717) is 5.69 Å². The number of nitrogens with zero attached hydrogens (tertiary/aromatic N) is 1. The average Bonchev–Trinajstić information content (AvgIpc) is 2.54. The predicted octanol–water partition coefficient (Wildman–Crippen LogP) is 4.01. The minimum absolute atomic E-state index is 0.345. The van der Waals surface area contributed by atoms with E-state index in [4.69, 9.17) is 0 Å². The fraction of sp³-hybridized carbons (Fsp3) is 0.222. The Bertz CT molecular complexity index is 788. The zero-order valence-corrected chi connectivity index (χ0v) is 13.7. The maximum absolute atomic E-state index is 13.2. The zero-order chi connectivity index (χ0) is 18.6. The Hall–Kier alpha value is -2.83. The molecule has 2 rings (SSSR count). The van der Waals surface area contributed by atoms with Gasteiger partial charge >= 0.3 is 6.18 Å². The van der Waals surface area contributed by atoms with E-state index in [2.05, 4.69) is 5.32 Å². The van der Waals surface area contributed by atoms with Crippen molar-refractivity contribution >= 4 is 23.2 Å². The number of nitrogens with one attached hydrogen (secondary N) is 1. The molecule has 0 spiro atoms. The van der Waals surface area contributed by atoms with Crippen LogP contribution < -0.4 is 10.2 Å². The van der Waals surface area contributed by atoms with E-state index in [0.717, 1.165) is 23.5 Å². The van der Waals surface area contributed by atoms with Crippen LogP contribution in [0.15, 0.2) is 48.5 Å². The van der Waals surface area contributed by atoms with Crippen LogP contribution in [-0.4, -0.2) is 18.4 Å². The lowest BCUT2D eigenvalue weighted by Gasteiger charge is -2.24. The lowest BCUT2D eigenvalue weighted by atomic mass is 10.1. The third-order valence-electron chi connectivity index (χ3n) is 3.60. The number of carbonyl (C=O) groups is 2. The Balaban J connectivity index is 2.27. The quantitative estimate of drug-likeness (QED) is 0.906. The van der Waals surface area contributed by atoms with Crippen molar-refractivity contribution in [1.82, 2.24) is 0 Å². The number of hydrogen-bond donors (Lipinski definition) is 1. The van der Waals surface area contributed by atoms with Crippen molar-refractivity contribution in [3.8, 4) is 0 Å². The van der Waals surface area contributed by atoms with Gasteiger partial charge in [0.2, 0.25) is 11.8 Å². The largest absolute Gasteiger partial charge is 0.418 e. The van der Waals surface area contributed by atoms with Crippen LogP contribution in [0.5, 0.6) is 0 Å². The molecule has 0 heterocycles. The maximum atomic E-state index is 13.2. The molecule has 0 fully saturated rings. The number of carbonyl (C=O) groups excluding carboxylic acids is 2. The van der Waals surface area contributed by atoms with Gasteiger partial charge in [0, 0.05) is 12.6 Å². The highest BCUT2D eigenvalue weighted by Crippen LogP contribution is 2.36. The first kappa shape index (κ1) is 18.5. The topological polar surface area (TPSA) is 49.4 Å². The molecule has 0 saturated carbocycles. The number of hydrogen-bond acceptors (Lipinski definition) is 2. The normalized spacial score (nSPS) is 11.1. The first-order valence-electron chi connectivity index (χ1n) is 7.50. The Morgan fingerprint density at radius 1 is 1.04 bits per heavy atom. The van der Waals surface area contributed by atoms with Crippen molar-refractivity contribution in [1.29, 1.82) is 0 Å². The summed E-state index contributed by atoms with van der Waals surface area (Å²) in [6, 6.07) is 11.7. The van der Waals surface area contributed by atoms with Gasteiger partial charge in [-0.05, 0) is 30.7 Å². The summed E-state index contributed by atoms with van der Waals surface area (Å²) in [4.78, 5) is 24.9. The summed E-state index contributed by atoms with van der Waals surface area (Å²) < 4.78 is 39.5. The molecule has 4 nitrogen and oxygen atoms in total. The second-order valence-electron chi connectivity index (χ2n) is 5.48. The van der Waals surface area contributed by atoms with Crippen molar-refractivity contribution < 1.29 is 22.8 Å². The second kappa shape index (κ2) is 7.38. The van der Waals surface area contributed by atoms with E-state index in [1.54, 1.807) is 31.2 Å². The fourth-order valence-electron chi connectivity index (χ4n) is 2.36. The second-order valence-corrected chi connectivity index (χ2v) is 5.48. The summed E-state index contributed by atoms with van der Waals surface area (Å²) in [5.41, 5.74) is 0.0392. The summed E-state index contributed by atoms with van der Waals surface area (Å²) in [5, 5.41) is 2.61. The number of anilines is 2. The number of rotatable bonds is 4. The number of halogens is 3. The molecule has 132 valence electrons. The van der Waals surface area contributed by atoms with Gasteiger partial charge in [0.25, 0.3) is 0 Å². The van der Waals surface area contributed by atoms with Crippen LogP contribution in [0.4, 0.5) is 24.5 Å². The number of amides is 2. The molecule has 0 aromatic heterocycles. The van der Waals surface area contributed by atoms with Gasteiger partial charge in [0.1, 0.15) is 6.54 Å². The summed E-state index contributed by atoms with van der Waals surface area (Å²) in [6.45, 7) is 2.39. The first-order chi connectivity index (χ1) is 11.7. The van der Waals surface area contributed by atoms with Crippen molar-refractivity contribution in [2.24, 2.45) is 0 Å². The van der Waals surface area contributed by atoms with Gasteiger partial charge < -0.3 is 10.2 Å². The summed E-state index contributed by atoms with van der Waals surface area (Å²) in [5.74, 6) is -1.24. The molecular weight excluding hydrogens is 333 g/mol. The molecule has 0 unspecified atom stereocenters. The molecule has 2 aromatic carbocycles. The molecule has 7 heteroatoms. The molecule has 0 radical (unpaired) electrons. The van der Waals surface area contributed by atoms with Crippen LogP contribution >= 0.6 is 0 Å². The lowest BCUT2D eigenvalue weighted by molar-refractivity contribution is -0.137. The minimum atomic E-state index is -4.63. The Morgan fingerprint density at radius 3 is 2.24 bits per heavy atom. The van der Waals surface area contributed by atoms with E-state index in [1.165, 1.54) is 18.2 Å². The van der Waals surface area contributed by atoms with Gasteiger partial charge in [-0.1, -0.05) is 30.3 Å². The molecule has 0 bridgehead atoms. The summed E-state index contributed by atoms with van der Waals surface area (Å²) in [7, 11) is 0. The Kier molecular flexibility index (Phi) is 5.46. The van der Waals surface area contributed by atoms with Crippen molar-refractivity contribution in [2.45, 2.75) is 20.0 Å². The van der Waals surface area contributed by atoms with Crippen LogP contribution in [0.1, 0.15) is 18.1 Å². The van der Waals surface area contributed by atoms with E-state index >= 15 is 0 Å². The van der Waals surface area contributed by atoms with Crippen molar-refractivity contribution in [3.05, 3.63) is 59.7 Å². The molecular formula is C18H17F3N2O2. The SMILES string of the molecule is CC(=O)N(CC(=O)Nc1ccccc1C)c1ccccc1C(F)(F)F. The van der Waals surface area contributed by atoms with E-state index in [-0.39, 0.29) is 5.69 Å². The van der Waals surface area contributed by atoms with Gasteiger partial charge in [-0.3, -0.25) is 9.59 Å². The smallest absolute Gasteiger partial charge is 0.324 e. The van der Waals surface area contributed by atoms with E-state index in [1.807, 2.05) is 0 Å². The number of alkyl halides is 3. The number of benzene rings is 2. The molecule has 2 aromatic rings.